The summed E-state index contributed by atoms with van der Waals surface area (Å²) in [6.45, 7) is 9.02. The van der Waals surface area contributed by atoms with E-state index in [0.29, 0.717) is 30.4 Å². The maximum Gasteiger partial charge on any atom is 0.206 e. The molecule has 0 amide bonds. The van der Waals surface area contributed by atoms with Crippen LogP contribution in [0.5, 0.6) is 5.75 Å². The molecule has 204 valence electrons. The first kappa shape index (κ1) is 27.1. The lowest BCUT2D eigenvalue weighted by atomic mass is 9.43. The molecule has 3 aliphatic carbocycles. The Morgan fingerprint density at radius 2 is 1.67 bits per heavy atom. The Morgan fingerprint density at radius 3 is 2.28 bits per heavy atom. The molecule has 3 N–H and O–H groups in total. The summed E-state index contributed by atoms with van der Waals surface area (Å²) in [5.74, 6) is -3.29. The number of benzene rings is 2. The first-order valence-electron chi connectivity index (χ1n) is 13.6. The van der Waals surface area contributed by atoms with Crippen molar-refractivity contribution >= 4 is 17.3 Å². The zero-order valence-corrected chi connectivity index (χ0v) is 23.2. The van der Waals surface area contributed by atoms with E-state index in [1.165, 1.54) is 13.0 Å². The molecule has 0 spiro atoms. The molecular weight excluding hydrogens is 492 g/mol. The zero-order chi connectivity index (χ0) is 28.5. The quantitative estimate of drug-likeness (QED) is 0.444. The Hall–Kier alpha value is -3.51. The molecule has 0 aromatic heterocycles. The number of allylic oxidation sites excluding steroid dienone is 2. The van der Waals surface area contributed by atoms with Crippen LogP contribution in [0.3, 0.4) is 0 Å². The number of phenols is 1. The standard InChI is InChI=1S/C33H36O6/c1-18(2)26-22(15-14-20-10-7-6-8-11-20)24(19(3)34)29(37)33(39)30(38)27-28(36)25-21(12-9-13-23(25)35)16-31(27,4)17-32(26,33)5/h6-13,18,26,35,38-39H,14-17H2,1-5H3/t26?,31-,32-,33+/m1/s1. The molecule has 2 aromatic carbocycles. The summed E-state index contributed by atoms with van der Waals surface area (Å²) >= 11 is 0. The molecule has 6 heteroatoms. The summed E-state index contributed by atoms with van der Waals surface area (Å²) in [5.41, 5.74) is -2.14. The minimum atomic E-state index is -2.45. The van der Waals surface area contributed by atoms with Crippen molar-refractivity contribution in [1.29, 1.82) is 0 Å². The van der Waals surface area contributed by atoms with Gasteiger partial charge in [0, 0.05) is 16.4 Å². The van der Waals surface area contributed by atoms with Gasteiger partial charge in [-0.1, -0.05) is 75.7 Å². The summed E-state index contributed by atoms with van der Waals surface area (Å²) in [7, 11) is 0. The van der Waals surface area contributed by atoms with E-state index in [1.54, 1.807) is 12.1 Å². The van der Waals surface area contributed by atoms with Crippen molar-refractivity contribution in [3.63, 3.8) is 0 Å². The number of aromatic hydroxyl groups is 1. The minimum Gasteiger partial charge on any atom is -0.508 e. The molecule has 0 aliphatic heterocycles. The Kier molecular flexibility index (Phi) is 6.26. The molecule has 5 rings (SSSR count). The Balaban J connectivity index is 1.75. The van der Waals surface area contributed by atoms with E-state index < -0.39 is 45.5 Å². The number of carbonyl (C=O) groups excluding carboxylic acids is 3. The zero-order valence-electron chi connectivity index (χ0n) is 23.2. The van der Waals surface area contributed by atoms with Crippen LogP contribution in [0.2, 0.25) is 0 Å². The molecule has 4 atom stereocenters. The molecule has 0 heterocycles. The minimum absolute atomic E-state index is 0.0528. The van der Waals surface area contributed by atoms with Crippen LogP contribution >= 0.6 is 0 Å². The lowest BCUT2D eigenvalue weighted by Crippen LogP contribution is -2.67. The van der Waals surface area contributed by atoms with Gasteiger partial charge in [0.25, 0.3) is 0 Å². The van der Waals surface area contributed by atoms with E-state index >= 15 is 0 Å². The normalized spacial score (nSPS) is 30.3. The highest BCUT2D eigenvalue weighted by atomic mass is 16.3. The van der Waals surface area contributed by atoms with Crippen molar-refractivity contribution in [2.75, 3.05) is 0 Å². The molecule has 6 nitrogen and oxygen atoms in total. The highest BCUT2D eigenvalue weighted by Gasteiger charge is 2.70. The molecule has 0 fully saturated rings. The van der Waals surface area contributed by atoms with Crippen molar-refractivity contribution in [3.8, 4) is 5.75 Å². The first-order valence-corrected chi connectivity index (χ1v) is 13.6. The number of aliphatic hydroxyl groups is 2. The highest BCUT2D eigenvalue weighted by molar-refractivity contribution is 6.25. The Labute approximate surface area is 229 Å². The van der Waals surface area contributed by atoms with Crippen LogP contribution in [0.4, 0.5) is 0 Å². The molecular formula is C33H36O6. The number of hydrogen-bond donors (Lipinski definition) is 3. The number of hydrogen-bond acceptors (Lipinski definition) is 6. The SMILES string of the molecule is CC(=O)C1=C(CCc2ccccc2)C(C(C)C)[C@@]2(C)C[C@@]3(C)Cc4cccc(O)c4C(=O)C3=C(O)[C@@]2(O)C1=O. The van der Waals surface area contributed by atoms with Gasteiger partial charge in [0.2, 0.25) is 5.78 Å². The number of rotatable bonds is 5. The van der Waals surface area contributed by atoms with E-state index in [9.17, 15) is 29.7 Å². The lowest BCUT2D eigenvalue weighted by molar-refractivity contribution is -0.168. The van der Waals surface area contributed by atoms with Crippen molar-refractivity contribution < 1.29 is 29.7 Å². The number of phenolic OH excluding ortho intramolecular Hbond substituents is 1. The van der Waals surface area contributed by atoms with Crippen LogP contribution in [-0.2, 0) is 22.4 Å². The van der Waals surface area contributed by atoms with Gasteiger partial charge in [-0.15, -0.1) is 0 Å². The fourth-order valence-electron chi connectivity index (χ4n) is 8.13. The van der Waals surface area contributed by atoms with Gasteiger partial charge in [0.1, 0.15) is 11.5 Å². The molecule has 0 bridgehead atoms. The van der Waals surface area contributed by atoms with Crippen molar-refractivity contribution in [3.05, 3.63) is 87.7 Å². The van der Waals surface area contributed by atoms with Crippen molar-refractivity contribution in [2.45, 2.75) is 65.9 Å². The predicted octanol–water partition coefficient (Wildman–Crippen LogP) is 5.46. The van der Waals surface area contributed by atoms with E-state index in [1.807, 2.05) is 58.0 Å². The number of Topliss-reactive ketones (excluding diaryl/α,β-unsaturated/α-hetero) is 3. The Morgan fingerprint density at radius 1 is 1.00 bits per heavy atom. The number of carbonyl (C=O) groups is 3. The molecule has 0 saturated heterocycles. The first-order chi connectivity index (χ1) is 18.3. The van der Waals surface area contributed by atoms with Gasteiger partial charge in [-0.2, -0.15) is 0 Å². The van der Waals surface area contributed by atoms with Gasteiger partial charge in [0.05, 0.1) is 11.1 Å². The number of ketones is 3. The van der Waals surface area contributed by atoms with Gasteiger partial charge in [-0.3, -0.25) is 14.4 Å². The number of aliphatic hydroxyl groups excluding tert-OH is 1. The monoisotopic (exact) mass is 528 g/mol. The van der Waals surface area contributed by atoms with Crippen LogP contribution in [0.25, 0.3) is 0 Å². The van der Waals surface area contributed by atoms with E-state index in [-0.39, 0.29) is 34.8 Å². The van der Waals surface area contributed by atoms with Gasteiger partial charge < -0.3 is 15.3 Å². The van der Waals surface area contributed by atoms with Gasteiger partial charge in [-0.05, 0) is 61.6 Å². The predicted molar refractivity (Wildman–Crippen MR) is 147 cm³/mol. The molecule has 2 aromatic rings. The van der Waals surface area contributed by atoms with Gasteiger partial charge in [0.15, 0.2) is 17.2 Å². The van der Waals surface area contributed by atoms with Crippen LogP contribution in [0.1, 0.15) is 68.9 Å². The summed E-state index contributed by atoms with van der Waals surface area (Å²) in [6, 6.07) is 14.7. The lowest BCUT2D eigenvalue weighted by Gasteiger charge is -2.60. The third kappa shape index (κ3) is 3.68. The van der Waals surface area contributed by atoms with E-state index in [2.05, 4.69) is 0 Å². The third-order valence-electron chi connectivity index (χ3n) is 9.41. The maximum absolute atomic E-state index is 14.2. The second-order valence-electron chi connectivity index (χ2n) is 12.4. The summed E-state index contributed by atoms with van der Waals surface area (Å²) < 4.78 is 0. The maximum atomic E-state index is 14.2. The van der Waals surface area contributed by atoms with Gasteiger partial charge >= 0.3 is 0 Å². The summed E-state index contributed by atoms with van der Waals surface area (Å²) in [5, 5.41) is 34.7. The number of fused-ring (bicyclic) bond motifs is 3. The summed E-state index contributed by atoms with van der Waals surface area (Å²) in [4.78, 5) is 41.1. The van der Waals surface area contributed by atoms with Crippen molar-refractivity contribution in [1.82, 2.24) is 0 Å². The van der Waals surface area contributed by atoms with Crippen LogP contribution in [0.15, 0.2) is 71.0 Å². The second-order valence-corrected chi connectivity index (χ2v) is 12.4. The highest BCUT2D eigenvalue weighted by Crippen LogP contribution is 2.65. The van der Waals surface area contributed by atoms with E-state index in [4.69, 9.17) is 0 Å². The second kappa shape index (κ2) is 9.02. The van der Waals surface area contributed by atoms with Crippen LogP contribution in [0, 0.1) is 22.7 Å². The van der Waals surface area contributed by atoms with Crippen LogP contribution < -0.4 is 0 Å². The largest absolute Gasteiger partial charge is 0.508 e. The van der Waals surface area contributed by atoms with E-state index in [0.717, 1.165) is 5.56 Å². The van der Waals surface area contributed by atoms with Gasteiger partial charge in [-0.25, -0.2) is 0 Å². The average Bonchev–Trinajstić information content (AvgIpc) is 2.84. The Bertz CT molecular complexity index is 1460. The molecule has 1 unspecified atom stereocenters. The fourth-order valence-corrected chi connectivity index (χ4v) is 8.13. The van der Waals surface area contributed by atoms with Crippen molar-refractivity contribution in [2.24, 2.45) is 22.7 Å². The molecule has 39 heavy (non-hydrogen) atoms. The molecule has 0 radical (unpaired) electrons. The smallest absolute Gasteiger partial charge is 0.206 e. The topological polar surface area (TPSA) is 112 Å². The third-order valence-corrected chi connectivity index (χ3v) is 9.41. The molecule has 3 aliphatic rings. The average molecular weight is 529 g/mol. The summed E-state index contributed by atoms with van der Waals surface area (Å²) in [6.07, 6.45) is 1.68. The fraction of sp³-hybridized carbons (Fsp3) is 0.424. The molecule has 0 saturated carbocycles. The number of aryl methyl sites for hydroxylation is 1. The van der Waals surface area contributed by atoms with Crippen LogP contribution in [-0.4, -0.2) is 38.3 Å².